The number of hydrogen-bond acceptors (Lipinski definition) is 4. The molecule has 1 fully saturated rings. The summed E-state index contributed by atoms with van der Waals surface area (Å²) >= 11 is 0. The van der Waals surface area contributed by atoms with Gasteiger partial charge in [-0.3, -0.25) is 9.69 Å². The third kappa shape index (κ3) is 4.72. The maximum absolute atomic E-state index is 12.1. The normalized spacial score (nSPS) is 16.1. The highest BCUT2D eigenvalue weighted by Crippen LogP contribution is 2.22. The third-order valence-electron chi connectivity index (χ3n) is 3.89. The number of likely N-dealkylation sites (N-methyl/N-ethyl adjacent to an activating group) is 1. The van der Waals surface area contributed by atoms with Crippen LogP contribution < -0.4 is 11.1 Å². The minimum atomic E-state index is -0.0226. The first-order valence-corrected chi connectivity index (χ1v) is 7.47. The second kappa shape index (κ2) is 7.43. The Morgan fingerprint density at radius 2 is 2.14 bits per heavy atom. The van der Waals surface area contributed by atoms with Crippen LogP contribution in [0.15, 0.2) is 18.2 Å². The van der Waals surface area contributed by atoms with Crippen molar-refractivity contribution in [3.05, 3.63) is 23.8 Å². The highest BCUT2D eigenvalue weighted by molar-refractivity contribution is 5.96. The molecule has 0 radical (unpaired) electrons. The summed E-state index contributed by atoms with van der Waals surface area (Å²) in [5.41, 5.74) is 8.22. The molecule has 0 unspecified atom stereocenters. The number of hydrogen-bond donors (Lipinski definition) is 2. The summed E-state index contributed by atoms with van der Waals surface area (Å²) in [5.74, 6) is 0.602. The zero-order valence-corrected chi connectivity index (χ0v) is 12.9. The maximum atomic E-state index is 12.1. The summed E-state index contributed by atoms with van der Waals surface area (Å²) < 4.78 is 5.36. The van der Waals surface area contributed by atoms with Gasteiger partial charge in [-0.1, -0.05) is 12.1 Å². The van der Waals surface area contributed by atoms with Crippen molar-refractivity contribution < 1.29 is 9.53 Å². The fourth-order valence-corrected chi connectivity index (χ4v) is 2.72. The van der Waals surface area contributed by atoms with Gasteiger partial charge in [-0.2, -0.15) is 0 Å². The van der Waals surface area contributed by atoms with E-state index in [9.17, 15) is 4.79 Å². The molecule has 0 spiro atoms. The number of amides is 1. The van der Waals surface area contributed by atoms with Crippen LogP contribution in [0.25, 0.3) is 0 Å². The van der Waals surface area contributed by atoms with Crippen LogP contribution in [0, 0.1) is 12.8 Å². The van der Waals surface area contributed by atoms with Gasteiger partial charge >= 0.3 is 0 Å². The molecule has 3 N–H and O–H groups in total. The predicted octanol–water partition coefficient (Wildman–Crippen LogP) is 1.87. The van der Waals surface area contributed by atoms with Crippen LogP contribution in [0.2, 0.25) is 0 Å². The van der Waals surface area contributed by atoms with Crippen molar-refractivity contribution in [2.45, 2.75) is 19.8 Å². The van der Waals surface area contributed by atoms with Crippen molar-refractivity contribution in [1.82, 2.24) is 4.90 Å². The minimum Gasteiger partial charge on any atom is -0.397 e. The van der Waals surface area contributed by atoms with Crippen LogP contribution >= 0.6 is 0 Å². The van der Waals surface area contributed by atoms with Gasteiger partial charge in [0.15, 0.2) is 0 Å². The molecule has 1 heterocycles. The van der Waals surface area contributed by atoms with E-state index in [1.807, 2.05) is 26.1 Å². The van der Waals surface area contributed by atoms with E-state index in [2.05, 4.69) is 10.2 Å². The number of carbonyl (C=O) groups is 1. The third-order valence-corrected chi connectivity index (χ3v) is 3.89. The molecule has 0 saturated carbocycles. The summed E-state index contributed by atoms with van der Waals surface area (Å²) in [6.07, 6.45) is 2.16. The maximum Gasteiger partial charge on any atom is 0.238 e. The van der Waals surface area contributed by atoms with Gasteiger partial charge in [0.25, 0.3) is 0 Å². The zero-order chi connectivity index (χ0) is 15.2. The van der Waals surface area contributed by atoms with E-state index in [0.29, 0.717) is 18.2 Å². The van der Waals surface area contributed by atoms with Gasteiger partial charge in [-0.15, -0.1) is 0 Å². The van der Waals surface area contributed by atoms with Gasteiger partial charge in [-0.05, 0) is 44.4 Å². The van der Waals surface area contributed by atoms with E-state index in [1.165, 1.54) is 0 Å². The van der Waals surface area contributed by atoms with Gasteiger partial charge in [0, 0.05) is 19.8 Å². The quantitative estimate of drug-likeness (QED) is 0.813. The Bertz CT molecular complexity index is 464. The summed E-state index contributed by atoms with van der Waals surface area (Å²) in [7, 11) is 1.98. The number of nitrogens with two attached hydrogens (primary N) is 1. The lowest BCUT2D eigenvalue weighted by Gasteiger charge is -2.26. The average Bonchev–Trinajstić information content (AvgIpc) is 2.44. The number of ether oxygens (including phenoxy) is 1. The zero-order valence-electron chi connectivity index (χ0n) is 12.9. The molecule has 0 atom stereocenters. The highest BCUT2D eigenvalue weighted by atomic mass is 16.5. The molecule has 1 aromatic rings. The number of nitrogens with one attached hydrogen (secondary N) is 1. The molecule has 1 aliphatic rings. The monoisotopic (exact) mass is 291 g/mol. The Labute approximate surface area is 126 Å². The van der Waals surface area contributed by atoms with Gasteiger partial charge in [0.1, 0.15) is 0 Å². The fourth-order valence-electron chi connectivity index (χ4n) is 2.72. The van der Waals surface area contributed by atoms with Gasteiger partial charge in [-0.25, -0.2) is 0 Å². The second-order valence-corrected chi connectivity index (χ2v) is 5.84. The topological polar surface area (TPSA) is 67.6 Å². The molecule has 5 heteroatoms. The molecule has 1 amide bonds. The van der Waals surface area contributed by atoms with Crippen molar-refractivity contribution in [2.75, 3.05) is 44.4 Å². The Balaban J connectivity index is 1.83. The number of nitrogen functional groups attached to an aromatic ring is 1. The van der Waals surface area contributed by atoms with Gasteiger partial charge in [0.2, 0.25) is 5.91 Å². The summed E-state index contributed by atoms with van der Waals surface area (Å²) in [5, 5.41) is 2.92. The summed E-state index contributed by atoms with van der Waals surface area (Å²) in [6, 6.07) is 5.63. The van der Waals surface area contributed by atoms with Gasteiger partial charge < -0.3 is 15.8 Å². The molecule has 116 valence electrons. The molecule has 1 aromatic carbocycles. The lowest BCUT2D eigenvalue weighted by Crippen LogP contribution is -2.35. The molecular weight excluding hydrogens is 266 g/mol. The summed E-state index contributed by atoms with van der Waals surface area (Å²) in [4.78, 5) is 14.2. The van der Waals surface area contributed by atoms with E-state index >= 15 is 0 Å². The Hall–Kier alpha value is -1.59. The molecule has 1 aliphatic heterocycles. The number of nitrogens with zero attached hydrogens (tertiary/aromatic N) is 1. The lowest BCUT2D eigenvalue weighted by atomic mass is 10.00. The smallest absolute Gasteiger partial charge is 0.238 e. The largest absolute Gasteiger partial charge is 0.397 e. The Morgan fingerprint density at radius 3 is 2.81 bits per heavy atom. The van der Waals surface area contributed by atoms with Crippen molar-refractivity contribution >= 4 is 17.3 Å². The van der Waals surface area contributed by atoms with Crippen LogP contribution in [0.3, 0.4) is 0 Å². The number of carbonyl (C=O) groups excluding carboxylic acids is 1. The SMILES string of the molecule is Cc1cccc(N)c1NC(=O)CN(C)CC1CCOCC1. The Kier molecular flexibility index (Phi) is 5.59. The number of rotatable bonds is 5. The molecule has 1 saturated heterocycles. The molecule has 21 heavy (non-hydrogen) atoms. The summed E-state index contributed by atoms with van der Waals surface area (Å²) in [6.45, 7) is 4.93. The van der Waals surface area contributed by atoms with Crippen LogP contribution in [0.5, 0.6) is 0 Å². The molecule has 0 bridgehead atoms. The lowest BCUT2D eigenvalue weighted by molar-refractivity contribution is -0.117. The van der Waals surface area contributed by atoms with Crippen molar-refractivity contribution in [2.24, 2.45) is 5.92 Å². The van der Waals surface area contributed by atoms with Gasteiger partial charge in [0.05, 0.1) is 17.9 Å². The first-order chi connectivity index (χ1) is 10.1. The fraction of sp³-hybridized carbons (Fsp3) is 0.562. The first kappa shape index (κ1) is 15.8. The number of anilines is 2. The molecule has 2 rings (SSSR count). The number of aryl methyl sites for hydroxylation is 1. The van der Waals surface area contributed by atoms with Crippen molar-refractivity contribution in [1.29, 1.82) is 0 Å². The van der Waals surface area contributed by atoms with E-state index in [0.717, 1.165) is 43.9 Å². The van der Waals surface area contributed by atoms with Crippen molar-refractivity contribution in [3.63, 3.8) is 0 Å². The molecular formula is C16H25N3O2. The molecule has 5 nitrogen and oxygen atoms in total. The van der Waals surface area contributed by atoms with Crippen LogP contribution in [0.4, 0.5) is 11.4 Å². The first-order valence-electron chi connectivity index (χ1n) is 7.47. The number of benzene rings is 1. The van der Waals surface area contributed by atoms with E-state index in [-0.39, 0.29) is 5.91 Å². The average molecular weight is 291 g/mol. The van der Waals surface area contributed by atoms with E-state index in [1.54, 1.807) is 6.07 Å². The van der Waals surface area contributed by atoms with E-state index < -0.39 is 0 Å². The highest BCUT2D eigenvalue weighted by Gasteiger charge is 2.17. The van der Waals surface area contributed by atoms with Crippen molar-refractivity contribution in [3.8, 4) is 0 Å². The minimum absolute atomic E-state index is 0.0226. The second-order valence-electron chi connectivity index (χ2n) is 5.84. The van der Waals surface area contributed by atoms with Crippen LogP contribution in [-0.2, 0) is 9.53 Å². The number of para-hydroxylation sites is 1. The predicted molar refractivity (Wildman–Crippen MR) is 85.3 cm³/mol. The Morgan fingerprint density at radius 1 is 1.43 bits per heavy atom. The standard InChI is InChI=1S/C16H25N3O2/c1-12-4-3-5-14(17)16(12)18-15(20)11-19(2)10-13-6-8-21-9-7-13/h3-5,13H,6-11,17H2,1-2H3,(H,18,20). The van der Waals surface area contributed by atoms with Crippen LogP contribution in [-0.4, -0.2) is 44.2 Å². The molecule has 0 aromatic heterocycles. The molecule has 0 aliphatic carbocycles. The van der Waals surface area contributed by atoms with Crippen LogP contribution in [0.1, 0.15) is 18.4 Å². The van der Waals surface area contributed by atoms with E-state index in [4.69, 9.17) is 10.5 Å².